The second kappa shape index (κ2) is 6.72. The quantitative estimate of drug-likeness (QED) is 0.809. The van der Waals surface area contributed by atoms with Crippen molar-refractivity contribution in [2.24, 2.45) is 11.8 Å². The third kappa shape index (κ3) is 3.63. The van der Waals surface area contributed by atoms with Crippen molar-refractivity contribution >= 4 is 17.3 Å². The molecule has 2 aromatic rings. The zero-order chi connectivity index (χ0) is 15.5. The van der Waals surface area contributed by atoms with E-state index in [0.717, 1.165) is 30.5 Å². The summed E-state index contributed by atoms with van der Waals surface area (Å²) in [6.07, 6.45) is 3.98. The highest BCUT2D eigenvalue weighted by Crippen LogP contribution is 2.40. The predicted molar refractivity (Wildman–Crippen MR) is 91.8 cm³/mol. The Hall–Kier alpha value is -1.51. The molecule has 3 heteroatoms. The van der Waals surface area contributed by atoms with Crippen molar-refractivity contribution < 1.29 is 5.11 Å². The predicted octanol–water partition coefficient (Wildman–Crippen LogP) is 4.61. The monoisotopic (exact) mass is 315 g/mol. The Bertz CT molecular complexity index is 626. The molecule has 1 aliphatic rings. The van der Waals surface area contributed by atoms with Crippen molar-refractivity contribution in [1.29, 1.82) is 0 Å². The first-order chi connectivity index (χ1) is 10.6. The average Bonchev–Trinajstić information content (AvgIpc) is 2.97. The number of rotatable bonds is 4. The van der Waals surface area contributed by atoms with Crippen molar-refractivity contribution in [3.05, 3.63) is 64.7 Å². The number of aliphatic hydroxyl groups excluding tert-OH is 1. The van der Waals surface area contributed by atoms with E-state index in [4.69, 9.17) is 17.3 Å². The number of aliphatic hydroxyl groups is 1. The van der Waals surface area contributed by atoms with Gasteiger partial charge < -0.3 is 10.8 Å². The summed E-state index contributed by atoms with van der Waals surface area (Å²) in [5.74, 6) is 0.972. The summed E-state index contributed by atoms with van der Waals surface area (Å²) in [7, 11) is 0. The van der Waals surface area contributed by atoms with Crippen LogP contribution in [0.2, 0.25) is 5.02 Å². The lowest BCUT2D eigenvalue weighted by Gasteiger charge is -2.19. The van der Waals surface area contributed by atoms with Gasteiger partial charge in [-0.2, -0.15) is 0 Å². The van der Waals surface area contributed by atoms with E-state index < -0.39 is 6.10 Å². The van der Waals surface area contributed by atoms with Crippen LogP contribution in [0, 0.1) is 11.8 Å². The minimum atomic E-state index is -0.407. The van der Waals surface area contributed by atoms with Gasteiger partial charge in [0.05, 0.1) is 6.10 Å². The van der Waals surface area contributed by atoms with E-state index in [1.807, 2.05) is 36.4 Å². The zero-order valence-corrected chi connectivity index (χ0v) is 13.3. The van der Waals surface area contributed by atoms with Gasteiger partial charge in [0.2, 0.25) is 0 Å². The van der Waals surface area contributed by atoms with Gasteiger partial charge in [-0.3, -0.25) is 0 Å². The molecular weight excluding hydrogens is 294 g/mol. The molecular formula is C19H22ClNO. The Morgan fingerprint density at radius 1 is 1.14 bits per heavy atom. The zero-order valence-electron chi connectivity index (χ0n) is 12.6. The fourth-order valence-electron chi connectivity index (χ4n) is 3.54. The molecule has 22 heavy (non-hydrogen) atoms. The fourth-order valence-corrected chi connectivity index (χ4v) is 3.73. The largest absolute Gasteiger partial charge is 0.399 e. The van der Waals surface area contributed by atoms with Crippen molar-refractivity contribution in [3.8, 4) is 0 Å². The second-order valence-electron chi connectivity index (χ2n) is 6.38. The van der Waals surface area contributed by atoms with Crippen molar-refractivity contribution in [2.75, 3.05) is 5.73 Å². The maximum atomic E-state index is 10.6. The molecule has 2 nitrogen and oxygen atoms in total. The Balaban J connectivity index is 1.61. The molecule has 1 unspecified atom stereocenters. The summed E-state index contributed by atoms with van der Waals surface area (Å²) < 4.78 is 0. The summed E-state index contributed by atoms with van der Waals surface area (Å²) in [6, 6.07) is 15.7. The third-order valence-electron chi connectivity index (χ3n) is 4.72. The van der Waals surface area contributed by atoms with Gasteiger partial charge in [-0.15, -0.1) is 0 Å². The number of benzene rings is 2. The summed E-state index contributed by atoms with van der Waals surface area (Å²) >= 11 is 6.02. The topological polar surface area (TPSA) is 46.2 Å². The molecule has 1 saturated carbocycles. The number of nitrogen functional groups attached to an aromatic ring is 1. The average molecular weight is 316 g/mol. The molecule has 0 saturated heterocycles. The Labute approximate surface area is 136 Å². The van der Waals surface area contributed by atoms with Crippen molar-refractivity contribution in [3.63, 3.8) is 0 Å². The van der Waals surface area contributed by atoms with Gasteiger partial charge in [0.1, 0.15) is 0 Å². The number of nitrogens with two attached hydrogens (primary N) is 1. The van der Waals surface area contributed by atoms with E-state index in [2.05, 4.69) is 12.1 Å². The van der Waals surface area contributed by atoms with E-state index in [1.54, 1.807) is 0 Å². The molecule has 0 heterocycles. The van der Waals surface area contributed by atoms with Gasteiger partial charge in [-0.1, -0.05) is 35.9 Å². The van der Waals surface area contributed by atoms with Gasteiger partial charge in [0.15, 0.2) is 0 Å². The molecule has 1 fully saturated rings. The number of hydrogen-bond donors (Lipinski definition) is 2. The second-order valence-corrected chi connectivity index (χ2v) is 6.82. The van der Waals surface area contributed by atoms with E-state index in [0.29, 0.717) is 16.9 Å². The van der Waals surface area contributed by atoms with Crippen LogP contribution in [0.15, 0.2) is 48.5 Å². The summed E-state index contributed by atoms with van der Waals surface area (Å²) in [5.41, 5.74) is 8.81. The van der Waals surface area contributed by atoms with E-state index >= 15 is 0 Å². The first kappa shape index (κ1) is 15.4. The van der Waals surface area contributed by atoms with Crippen LogP contribution in [0.5, 0.6) is 0 Å². The molecule has 0 bridgehead atoms. The molecule has 0 radical (unpaired) electrons. The number of hydrogen-bond acceptors (Lipinski definition) is 2. The molecule has 0 spiro atoms. The minimum absolute atomic E-state index is 0.331. The Morgan fingerprint density at radius 3 is 2.64 bits per heavy atom. The summed E-state index contributed by atoms with van der Waals surface area (Å²) in [5, 5.41) is 11.3. The lowest BCUT2D eigenvalue weighted by Crippen LogP contribution is -2.10. The van der Waals surface area contributed by atoms with Gasteiger partial charge in [0, 0.05) is 10.7 Å². The smallest absolute Gasteiger partial charge is 0.0818 e. The van der Waals surface area contributed by atoms with Crippen LogP contribution in [0.1, 0.15) is 36.5 Å². The Kier molecular flexibility index (Phi) is 4.70. The van der Waals surface area contributed by atoms with Crippen LogP contribution in [0.3, 0.4) is 0 Å². The van der Waals surface area contributed by atoms with E-state index in [9.17, 15) is 5.11 Å². The molecule has 116 valence electrons. The highest BCUT2D eigenvalue weighted by molar-refractivity contribution is 6.30. The molecule has 0 aromatic heterocycles. The van der Waals surface area contributed by atoms with Crippen LogP contribution >= 0.6 is 11.6 Å². The molecule has 3 atom stereocenters. The molecule has 3 rings (SSSR count). The maximum absolute atomic E-state index is 10.6. The molecule has 1 aliphatic carbocycles. The van der Waals surface area contributed by atoms with Gasteiger partial charge in [-0.05, 0) is 72.9 Å². The van der Waals surface area contributed by atoms with E-state index in [-0.39, 0.29) is 0 Å². The number of halogens is 1. The van der Waals surface area contributed by atoms with E-state index in [1.165, 1.54) is 12.0 Å². The first-order valence-corrected chi connectivity index (χ1v) is 8.27. The highest BCUT2D eigenvalue weighted by atomic mass is 35.5. The lowest BCUT2D eigenvalue weighted by molar-refractivity contribution is 0.109. The van der Waals surface area contributed by atoms with Crippen molar-refractivity contribution in [1.82, 2.24) is 0 Å². The van der Waals surface area contributed by atoms with Crippen LogP contribution in [0.4, 0.5) is 5.69 Å². The van der Waals surface area contributed by atoms with Gasteiger partial charge in [0.25, 0.3) is 0 Å². The molecule has 3 N–H and O–H groups in total. The van der Waals surface area contributed by atoms with Crippen LogP contribution in [0.25, 0.3) is 0 Å². The third-order valence-corrected chi connectivity index (χ3v) is 4.96. The lowest BCUT2D eigenvalue weighted by atomic mass is 9.91. The molecule has 0 aliphatic heterocycles. The van der Waals surface area contributed by atoms with Gasteiger partial charge in [-0.25, -0.2) is 0 Å². The highest BCUT2D eigenvalue weighted by Gasteiger charge is 2.30. The fraction of sp³-hybridized carbons (Fsp3) is 0.368. The standard InChI is InChI=1S/C19H22ClNO/c20-17-3-1-2-15(12-17)19(22)16-7-4-14(11-16)10-13-5-8-18(21)9-6-13/h1-3,5-6,8-9,12,14,16,19,22H,4,7,10-11,21H2/t14?,16-,19+/m0/s1. The maximum Gasteiger partial charge on any atom is 0.0818 e. The number of anilines is 1. The normalized spacial score (nSPS) is 22.6. The van der Waals surface area contributed by atoms with Crippen molar-refractivity contribution in [2.45, 2.75) is 31.8 Å². The summed E-state index contributed by atoms with van der Waals surface area (Å²) in [4.78, 5) is 0. The molecule has 2 aromatic carbocycles. The first-order valence-electron chi connectivity index (χ1n) is 7.90. The van der Waals surface area contributed by atoms with Crippen LogP contribution < -0.4 is 5.73 Å². The molecule has 0 amide bonds. The van der Waals surface area contributed by atoms with Gasteiger partial charge >= 0.3 is 0 Å². The Morgan fingerprint density at radius 2 is 1.91 bits per heavy atom. The van der Waals surface area contributed by atoms with Crippen LogP contribution in [-0.4, -0.2) is 5.11 Å². The van der Waals surface area contributed by atoms with Crippen LogP contribution in [-0.2, 0) is 6.42 Å². The summed E-state index contributed by atoms with van der Waals surface area (Å²) in [6.45, 7) is 0. The minimum Gasteiger partial charge on any atom is -0.399 e. The SMILES string of the molecule is Nc1ccc(CC2CC[C@H]([C@H](O)c3cccc(Cl)c3)C2)cc1.